The summed E-state index contributed by atoms with van der Waals surface area (Å²) in [6.07, 6.45) is 5.39. The van der Waals surface area contributed by atoms with Gasteiger partial charge in [0.1, 0.15) is 5.75 Å². The fourth-order valence-corrected chi connectivity index (χ4v) is 2.06. The molecule has 0 aromatic heterocycles. The third-order valence-corrected chi connectivity index (χ3v) is 2.95. The minimum atomic E-state index is 0.436. The van der Waals surface area contributed by atoms with Crippen LogP contribution < -0.4 is 10.1 Å². The third-order valence-electron chi connectivity index (χ3n) is 2.95. The fraction of sp³-hybridized carbons (Fsp3) is 0.500. The topological polar surface area (TPSA) is 21.3 Å². The maximum absolute atomic E-state index is 5.47. The van der Waals surface area contributed by atoms with E-state index < -0.39 is 0 Å². The Kier molecular flexibility index (Phi) is 7.19. The summed E-state index contributed by atoms with van der Waals surface area (Å²) in [6.45, 7) is 9.63. The number of nitrogens with one attached hydrogen (secondary N) is 1. The van der Waals surface area contributed by atoms with Crippen LogP contribution in [0.15, 0.2) is 36.9 Å². The minimum Gasteiger partial charge on any atom is -0.494 e. The van der Waals surface area contributed by atoms with Gasteiger partial charge in [-0.2, -0.15) is 0 Å². The molecule has 0 amide bonds. The van der Waals surface area contributed by atoms with E-state index in [9.17, 15) is 0 Å². The number of rotatable bonds is 9. The van der Waals surface area contributed by atoms with E-state index in [4.69, 9.17) is 4.74 Å². The van der Waals surface area contributed by atoms with Crippen molar-refractivity contribution in [3.8, 4) is 5.75 Å². The molecule has 0 aliphatic rings. The number of allylic oxidation sites excluding steroid dienone is 1. The molecule has 0 radical (unpaired) electrons. The molecule has 0 saturated heterocycles. The molecule has 0 saturated carbocycles. The molecular weight excluding hydrogens is 222 g/mol. The molecule has 2 heteroatoms. The molecule has 1 N–H and O–H groups in total. The largest absolute Gasteiger partial charge is 0.494 e. The van der Waals surface area contributed by atoms with Crippen molar-refractivity contribution in [3.05, 3.63) is 42.5 Å². The lowest BCUT2D eigenvalue weighted by Gasteiger charge is -2.18. The Hall–Kier alpha value is -1.28. The van der Waals surface area contributed by atoms with E-state index in [1.165, 1.54) is 12.0 Å². The van der Waals surface area contributed by atoms with Crippen LogP contribution in [0.4, 0.5) is 0 Å². The average molecular weight is 247 g/mol. The van der Waals surface area contributed by atoms with E-state index in [0.29, 0.717) is 6.04 Å². The first kappa shape index (κ1) is 14.8. The predicted octanol–water partition coefficient (Wildman–Crippen LogP) is 4.09. The lowest BCUT2D eigenvalue weighted by Crippen LogP contribution is -2.20. The highest BCUT2D eigenvalue weighted by molar-refractivity contribution is 5.29. The highest BCUT2D eigenvalue weighted by atomic mass is 16.5. The minimum absolute atomic E-state index is 0.436. The summed E-state index contributed by atoms with van der Waals surface area (Å²) in [5.41, 5.74) is 1.34. The monoisotopic (exact) mass is 247 g/mol. The first-order valence-corrected chi connectivity index (χ1v) is 6.88. The Labute approximate surface area is 111 Å². The highest BCUT2D eigenvalue weighted by Crippen LogP contribution is 2.22. The second-order valence-corrected chi connectivity index (χ2v) is 4.33. The Morgan fingerprint density at radius 2 is 2.00 bits per heavy atom. The zero-order valence-corrected chi connectivity index (χ0v) is 11.6. The van der Waals surface area contributed by atoms with Gasteiger partial charge in [-0.1, -0.05) is 25.1 Å². The Bertz CT molecular complexity index is 331. The van der Waals surface area contributed by atoms with Crippen LogP contribution in [0.2, 0.25) is 0 Å². The average Bonchev–Trinajstić information content (AvgIpc) is 2.39. The Morgan fingerprint density at radius 1 is 1.28 bits per heavy atom. The first-order valence-electron chi connectivity index (χ1n) is 6.88. The molecule has 1 aromatic rings. The lowest BCUT2D eigenvalue weighted by atomic mass is 10.0. The van der Waals surface area contributed by atoms with Crippen molar-refractivity contribution in [3.63, 3.8) is 0 Å². The van der Waals surface area contributed by atoms with Crippen LogP contribution in [0.3, 0.4) is 0 Å². The maximum Gasteiger partial charge on any atom is 0.119 e. The van der Waals surface area contributed by atoms with Crippen LogP contribution in [0.5, 0.6) is 5.75 Å². The molecule has 0 fully saturated rings. The van der Waals surface area contributed by atoms with Crippen molar-refractivity contribution in [2.45, 2.75) is 39.2 Å². The third kappa shape index (κ3) is 4.92. The molecule has 1 aromatic carbocycles. The summed E-state index contributed by atoms with van der Waals surface area (Å²) < 4.78 is 5.47. The van der Waals surface area contributed by atoms with Gasteiger partial charge >= 0.3 is 0 Å². The molecular formula is C16H25NO. The van der Waals surface area contributed by atoms with Gasteiger partial charge in [-0.25, -0.2) is 0 Å². The summed E-state index contributed by atoms with van der Waals surface area (Å²) in [7, 11) is 0. The molecule has 0 aliphatic heterocycles. The highest BCUT2D eigenvalue weighted by Gasteiger charge is 2.09. The van der Waals surface area contributed by atoms with Crippen LogP contribution in [-0.4, -0.2) is 13.2 Å². The molecule has 100 valence electrons. The van der Waals surface area contributed by atoms with Crippen LogP contribution in [0, 0.1) is 0 Å². The molecule has 0 heterocycles. The predicted molar refractivity (Wildman–Crippen MR) is 78.1 cm³/mol. The van der Waals surface area contributed by atoms with Crippen molar-refractivity contribution in [1.82, 2.24) is 5.32 Å². The molecule has 1 atom stereocenters. The number of ether oxygens (including phenoxy) is 1. The zero-order chi connectivity index (χ0) is 13.2. The number of unbranched alkanes of at least 4 members (excludes halogenated alkanes) is 1. The second kappa shape index (κ2) is 8.76. The lowest BCUT2D eigenvalue weighted by molar-refractivity contribution is 0.340. The second-order valence-electron chi connectivity index (χ2n) is 4.33. The van der Waals surface area contributed by atoms with Crippen molar-refractivity contribution in [1.29, 1.82) is 0 Å². The van der Waals surface area contributed by atoms with E-state index in [1.807, 2.05) is 13.0 Å². The van der Waals surface area contributed by atoms with Crippen LogP contribution in [0.25, 0.3) is 0 Å². The maximum atomic E-state index is 5.47. The molecule has 1 rings (SSSR count). The number of hydrogen-bond donors (Lipinski definition) is 1. The van der Waals surface area contributed by atoms with Crippen molar-refractivity contribution >= 4 is 0 Å². The molecule has 1 unspecified atom stereocenters. The van der Waals surface area contributed by atoms with E-state index in [2.05, 4.69) is 43.1 Å². The zero-order valence-electron chi connectivity index (χ0n) is 11.6. The number of hydrogen-bond acceptors (Lipinski definition) is 2. The SMILES string of the molecule is C=CCCCC(NCC)c1ccc(OCC)cc1. The summed E-state index contributed by atoms with van der Waals surface area (Å²) in [4.78, 5) is 0. The van der Waals surface area contributed by atoms with Crippen LogP contribution in [0.1, 0.15) is 44.7 Å². The summed E-state index contributed by atoms with van der Waals surface area (Å²) >= 11 is 0. The summed E-state index contributed by atoms with van der Waals surface area (Å²) in [5.74, 6) is 0.947. The first-order chi connectivity index (χ1) is 8.81. The Morgan fingerprint density at radius 3 is 2.56 bits per heavy atom. The van der Waals surface area contributed by atoms with Gasteiger partial charge in [-0.05, 0) is 50.4 Å². The smallest absolute Gasteiger partial charge is 0.119 e. The van der Waals surface area contributed by atoms with Gasteiger partial charge in [-0.3, -0.25) is 0 Å². The number of benzene rings is 1. The fourth-order valence-electron chi connectivity index (χ4n) is 2.06. The molecule has 2 nitrogen and oxygen atoms in total. The standard InChI is InChI=1S/C16H25NO/c1-4-7-8-9-16(17-5-2)14-10-12-15(13-11-14)18-6-3/h4,10-13,16-17H,1,5-9H2,2-3H3. The molecule has 18 heavy (non-hydrogen) atoms. The van der Waals surface area contributed by atoms with Gasteiger partial charge in [0.25, 0.3) is 0 Å². The van der Waals surface area contributed by atoms with Crippen molar-refractivity contribution in [2.75, 3.05) is 13.2 Å². The van der Waals surface area contributed by atoms with E-state index in [0.717, 1.165) is 31.7 Å². The van der Waals surface area contributed by atoms with Gasteiger partial charge < -0.3 is 10.1 Å². The summed E-state index contributed by atoms with van der Waals surface area (Å²) in [5, 5.41) is 3.53. The van der Waals surface area contributed by atoms with Crippen molar-refractivity contribution < 1.29 is 4.74 Å². The van der Waals surface area contributed by atoms with Gasteiger partial charge in [-0.15, -0.1) is 6.58 Å². The van der Waals surface area contributed by atoms with E-state index >= 15 is 0 Å². The summed E-state index contributed by atoms with van der Waals surface area (Å²) in [6, 6.07) is 8.86. The quantitative estimate of drug-likeness (QED) is 0.524. The van der Waals surface area contributed by atoms with E-state index in [-0.39, 0.29) is 0 Å². The Balaban J connectivity index is 2.62. The van der Waals surface area contributed by atoms with Gasteiger partial charge in [0.15, 0.2) is 0 Å². The van der Waals surface area contributed by atoms with Crippen LogP contribution >= 0.6 is 0 Å². The van der Waals surface area contributed by atoms with Gasteiger partial charge in [0.05, 0.1) is 6.61 Å². The molecule has 0 aliphatic carbocycles. The van der Waals surface area contributed by atoms with Gasteiger partial charge in [0.2, 0.25) is 0 Å². The van der Waals surface area contributed by atoms with Gasteiger partial charge in [0, 0.05) is 6.04 Å². The van der Waals surface area contributed by atoms with E-state index in [1.54, 1.807) is 0 Å². The van der Waals surface area contributed by atoms with Crippen molar-refractivity contribution in [2.24, 2.45) is 0 Å². The van der Waals surface area contributed by atoms with Crippen LogP contribution in [-0.2, 0) is 0 Å². The molecule has 0 bridgehead atoms. The normalized spacial score (nSPS) is 12.1. The molecule has 0 spiro atoms.